The summed E-state index contributed by atoms with van der Waals surface area (Å²) in [7, 11) is 5.16. The standard InChI is InChI=1S/C19H23N5O2/c1-13-10-21-19(23-18(13)15-11-22-24(2)12-15)20-8-7-14-5-6-16(25-3)17(9-14)26-4/h5-6,9-12H,7-8H2,1-4H3,(H,20,21,23). The molecular weight excluding hydrogens is 330 g/mol. The second-order valence-electron chi connectivity index (χ2n) is 5.99. The maximum absolute atomic E-state index is 5.34. The first-order chi connectivity index (χ1) is 12.6. The van der Waals surface area contributed by atoms with Gasteiger partial charge in [-0.3, -0.25) is 4.68 Å². The van der Waals surface area contributed by atoms with Gasteiger partial charge in [-0.05, 0) is 36.6 Å². The molecule has 0 aliphatic heterocycles. The summed E-state index contributed by atoms with van der Waals surface area (Å²) in [6.45, 7) is 2.71. The number of rotatable bonds is 7. The van der Waals surface area contributed by atoms with Crippen molar-refractivity contribution in [2.45, 2.75) is 13.3 Å². The number of benzene rings is 1. The highest BCUT2D eigenvalue weighted by atomic mass is 16.5. The van der Waals surface area contributed by atoms with E-state index in [9.17, 15) is 0 Å². The van der Waals surface area contributed by atoms with E-state index >= 15 is 0 Å². The molecule has 7 heteroatoms. The molecular formula is C19H23N5O2. The number of aromatic nitrogens is 4. The molecule has 0 spiro atoms. The molecule has 0 unspecified atom stereocenters. The molecule has 0 saturated heterocycles. The van der Waals surface area contributed by atoms with Gasteiger partial charge in [0.25, 0.3) is 0 Å². The normalized spacial score (nSPS) is 10.6. The summed E-state index contributed by atoms with van der Waals surface area (Å²) in [6.07, 6.45) is 6.40. The molecule has 0 aliphatic rings. The number of nitrogens with zero attached hydrogens (tertiary/aromatic N) is 4. The van der Waals surface area contributed by atoms with E-state index in [2.05, 4.69) is 20.4 Å². The first kappa shape index (κ1) is 17.7. The average Bonchev–Trinajstić information content (AvgIpc) is 3.09. The summed E-state index contributed by atoms with van der Waals surface area (Å²) < 4.78 is 12.4. The molecule has 26 heavy (non-hydrogen) atoms. The fraction of sp³-hybridized carbons (Fsp3) is 0.316. The van der Waals surface area contributed by atoms with E-state index < -0.39 is 0 Å². The van der Waals surface area contributed by atoms with Crippen LogP contribution in [-0.2, 0) is 13.5 Å². The number of aryl methyl sites for hydroxylation is 2. The van der Waals surface area contributed by atoms with Crippen molar-refractivity contribution in [3.63, 3.8) is 0 Å². The quantitative estimate of drug-likeness (QED) is 0.704. The van der Waals surface area contributed by atoms with Gasteiger partial charge in [-0.25, -0.2) is 9.97 Å². The van der Waals surface area contributed by atoms with Crippen LogP contribution in [0.2, 0.25) is 0 Å². The molecule has 0 amide bonds. The number of ether oxygens (including phenoxy) is 2. The highest BCUT2D eigenvalue weighted by Crippen LogP contribution is 2.27. The Balaban J connectivity index is 1.67. The summed E-state index contributed by atoms with van der Waals surface area (Å²) in [5.41, 5.74) is 4.04. The fourth-order valence-corrected chi connectivity index (χ4v) is 2.72. The van der Waals surface area contributed by atoms with Gasteiger partial charge in [-0.2, -0.15) is 5.10 Å². The van der Waals surface area contributed by atoms with Gasteiger partial charge in [0.15, 0.2) is 11.5 Å². The van der Waals surface area contributed by atoms with Crippen molar-refractivity contribution in [3.05, 3.63) is 47.9 Å². The van der Waals surface area contributed by atoms with Crippen LogP contribution in [0.3, 0.4) is 0 Å². The second-order valence-corrected chi connectivity index (χ2v) is 5.99. The Morgan fingerprint density at radius 2 is 1.92 bits per heavy atom. The Morgan fingerprint density at radius 3 is 2.62 bits per heavy atom. The van der Waals surface area contributed by atoms with E-state index in [1.807, 2.05) is 50.8 Å². The first-order valence-electron chi connectivity index (χ1n) is 8.38. The zero-order valence-corrected chi connectivity index (χ0v) is 15.5. The lowest BCUT2D eigenvalue weighted by Crippen LogP contribution is -2.09. The third kappa shape index (κ3) is 3.93. The van der Waals surface area contributed by atoms with Crippen molar-refractivity contribution in [1.29, 1.82) is 0 Å². The summed E-state index contributed by atoms with van der Waals surface area (Å²) >= 11 is 0. The Hall–Kier alpha value is -3.09. The van der Waals surface area contributed by atoms with E-state index in [1.165, 1.54) is 0 Å². The smallest absolute Gasteiger partial charge is 0.223 e. The summed E-state index contributed by atoms with van der Waals surface area (Å²) in [6, 6.07) is 5.93. The van der Waals surface area contributed by atoms with Crippen LogP contribution in [-0.4, -0.2) is 40.5 Å². The highest BCUT2D eigenvalue weighted by molar-refractivity contribution is 5.62. The lowest BCUT2D eigenvalue weighted by Gasteiger charge is -2.10. The van der Waals surface area contributed by atoms with E-state index in [-0.39, 0.29) is 0 Å². The SMILES string of the molecule is COc1ccc(CCNc2ncc(C)c(-c3cnn(C)c3)n2)cc1OC. The molecule has 0 saturated carbocycles. The molecule has 2 heterocycles. The van der Waals surface area contributed by atoms with Crippen LogP contribution >= 0.6 is 0 Å². The minimum atomic E-state index is 0.606. The molecule has 0 radical (unpaired) electrons. The molecule has 3 rings (SSSR count). The molecule has 3 aromatic rings. The molecule has 7 nitrogen and oxygen atoms in total. The third-order valence-electron chi connectivity index (χ3n) is 4.09. The monoisotopic (exact) mass is 353 g/mol. The summed E-state index contributed by atoms with van der Waals surface area (Å²) in [5.74, 6) is 2.07. The van der Waals surface area contributed by atoms with Crippen molar-refractivity contribution in [3.8, 4) is 22.8 Å². The van der Waals surface area contributed by atoms with Crippen LogP contribution in [0.15, 0.2) is 36.8 Å². The van der Waals surface area contributed by atoms with Crippen LogP contribution in [0.4, 0.5) is 5.95 Å². The van der Waals surface area contributed by atoms with Gasteiger partial charge in [0.05, 0.1) is 26.1 Å². The van der Waals surface area contributed by atoms with Crippen molar-refractivity contribution in [2.24, 2.45) is 7.05 Å². The first-order valence-corrected chi connectivity index (χ1v) is 8.38. The molecule has 0 bridgehead atoms. The van der Waals surface area contributed by atoms with Gasteiger partial charge in [-0.15, -0.1) is 0 Å². The Kier molecular flexibility index (Phi) is 5.36. The molecule has 0 atom stereocenters. The molecule has 2 aromatic heterocycles. The maximum atomic E-state index is 5.34. The van der Waals surface area contributed by atoms with Crippen LogP contribution in [0, 0.1) is 6.92 Å². The van der Waals surface area contributed by atoms with E-state index in [0.717, 1.165) is 40.3 Å². The van der Waals surface area contributed by atoms with E-state index in [1.54, 1.807) is 18.9 Å². The predicted octanol–water partition coefficient (Wildman–Crippen LogP) is 2.86. The van der Waals surface area contributed by atoms with Gasteiger partial charge in [0.2, 0.25) is 5.95 Å². The zero-order valence-electron chi connectivity index (χ0n) is 15.5. The number of anilines is 1. The Labute approximate surface area is 153 Å². The largest absolute Gasteiger partial charge is 0.493 e. The molecule has 136 valence electrons. The maximum Gasteiger partial charge on any atom is 0.223 e. The number of methoxy groups -OCH3 is 2. The number of nitrogens with one attached hydrogen (secondary N) is 1. The van der Waals surface area contributed by atoms with Gasteiger partial charge >= 0.3 is 0 Å². The highest BCUT2D eigenvalue weighted by Gasteiger charge is 2.09. The van der Waals surface area contributed by atoms with Gasteiger partial charge in [0, 0.05) is 31.5 Å². The van der Waals surface area contributed by atoms with Crippen molar-refractivity contribution in [1.82, 2.24) is 19.7 Å². The summed E-state index contributed by atoms with van der Waals surface area (Å²) in [5, 5.41) is 7.49. The average molecular weight is 353 g/mol. The van der Waals surface area contributed by atoms with Crippen LogP contribution in [0.5, 0.6) is 11.5 Å². The van der Waals surface area contributed by atoms with Gasteiger partial charge < -0.3 is 14.8 Å². The lowest BCUT2D eigenvalue weighted by atomic mass is 10.1. The van der Waals surface area contributed by atoms with Crippen LogP contribution in [0.1, 0.15) is 11.1 Å². The molecule has 1 N–H and O–H groups in total. The van der Waals surface area contributed by atoms with Gasteiger partial charge in [-0.1, -0.05) is 6.07 Å². The zero-order chi connectivity index (χ0) is 18.5. The predicted molar refractivity (Wildman–Crippen MR) is 101 cm³/mol. The van der Waals surface area contributed by atoms with E-state index in [4.69, 9.17) is 9.47 Å². The fourth-order valence-electron chi connectivity index (χ4n) is 2.72. The lowest BCUT2D eigenvalue weighted by molar-refractivity contribution is 0.354. The number of hydrogen-bond donors (Lipinski definition) is 1. The van der Waals surface area contributed by atoms with Crippen LogP contribution < -0.4 is 14.8 Å². The second kappa shape index (κ2) is 7.86. The third-order valence-corrected chi connectivity index (χ3v) is 4.09. The van der Waals surface area contributed by atoms with Crippen molar-refractivity contribution in [2.75, 3.05) is 26.1 Å². The Morgan fingerprint density at radius 1 is 1.12 bits per heavy atom. The Bertz CT molecular complexity index is 891. The summed E-state index contributed by atoms with van der Waals surface area (Å²) in [4.78, 5) is 9.00. The van der Waals surface area contributed by atoms with Crippen LogP contribution in [0.25, 0.3) is 11.3 Å². The van der Waals surface area contributed by atoms with E-state index in [0.29, 0.717) is 12.5 Å². The number of hydrogen-bond acceptors (Lipinski definition) is 6. The van der Waals surface area contributed by atoms with Crippen molar-refractivity contribution >= 4 is 5.95 Å². The molecule has 0 aliphatic carbocycles. The van der Waals surface area contributed by atoms with Crippen molar-refractivity contribution < 1.29 is 9.47 Å². The molecule has 0 fully saturated rings. The minimum absolute atomic E-state index is 0.606. The topological polar surface area (TPSA) is 74.1 Å². The molecule has 1 aromatic carbocycles. The minimum Gasteiger partial charge on any atom is -0.493 e. The van der Waals surface area contributed by atoms with Gasteiger partial charge in [0.1, 0.15) is 0 Å².